The second-order valence-corrected chi connectivity index (χ2v) is 13.1. The number of rotatable bonds is 6. The third-order valence-corrected chi connectivity index (χ3v) is 10.1. The van der Waals surface area contributed by atoms with E-state index in [1.165, 1.54) is 78.0 Å². The highest BCUT2D eigenvalue weighted by Crippen LogP contribution is 2.41. The summed E-state index contributed by atoms with van der Waals surface area (Å²) in [5.41, 5.74) is 16.9. The van der Waals surface area contributed by atoms with Crippen LogP contribution in [0.3, 0.4) is 0 Å². The summed E-state index contributed by atoms with van der Waals surface area (Å²) in [6.45, 7) is 2.88. The van der Waals surface area contributed by atoms with E-state index in [1.54, 1.807) is 0 Å². The molecule has 2 aliphatic carbocycles. The number of hydrogen-bond donors (Lipinski definition) is 0. The van der Waals surface area contributed by atoms with Gasteiger partial charge in [0.2, 0.25) is 0 Å². The second kappa shape index (κ2) is 11.8. The molecule has 2 heterocycles. The molecular formula is C45H37N3. The number of fused-ring (bicyclic) bond motifs is 6. The lowest BCUT2D eigenvalue weighted by Gasteiger charge is -2.18. The Morgan fingerprint density at radius 2 is 1.48 bits per heavy atom. The van der Waals surface area contributed by atoms with Gasteiger partial charge in [0.05, 0.1) is 17.6 Å². The SMILES string of the molecule is Cc1ccccc1-n1c2ccccc2c2cc(C3=Cc4c(c5c(n4-c4cccc(/C=N/Cc6ccccc6)c4)C=CCC5)CC3)ccc21. The number of allylic oxidation sites excluding steroid dienone is 2. The second-order valence-electron chi connectivity index (χ2n) is 13.1. The summed E-state index contributed by atoms with van der Waals surface area (Å²) in [5.74, 6) is 0. The molecule has 232 valence electrons. The van der Waals surface area contributed by atoms with Gasteiger partial charge in [0.25, 0.3) is 0 Å². The number of para-hydroxylation sites is 2. The number of nitrogens with zero attached hydrogens (tertiary/aromatic N) is 3. The molecule has 0 saturated heterocycles. The van der Waals surface area contributed by atoms with E-state index in [1.807, 2.05) is 12.3 Å². The van der Waals surface area contributed by atoms with Crippen LogP contribution in [0.1, 0.15) is 57.6 Å². The molecule has 2 aromatic heterocycles. The van der Waals surface area contributed by atoms with Crippen LogP contribution in [0.15, 0.2) is 132 Å². The van der Waals surface area contributed by atoms with Crippen molar-refractivity contribution in [3.8, 4) is 11.4 Å². The molecule has 0 amide bonds. The van der Waals surface area contributed by atoms with Gasteiger partial charge in [-0.1, -0.05) is 91.0 Å². The Balaban J connectivity index is 1.14. The summed E-state index contributed by atoms with van der Waals surface area (Å²) in [6.07, 6.45) is 13.5. The maximum Gasteiger partial charge on any atom is 0.0639 e. The van der Waals surface area contributed by atoms with E-state index in [4.69, 9.17) is 4.99 Å². The zero-order valence-corrected chi connectivity index (χ0v) is 27.2. The van der Waals surface area contributed by atoms with Gasteiger partial charge in [0.15, 0.2) is 0 Å². The van der Waals surface area contributed by atoms with Gasteiger partial charge in [-0.15, -0.1) is 0 Å². The molecule has 0 unspecified atom stereocenters. The van der Waals surface area contributed by atoms with Gasteiger partial charge in [-0.3, -0.25) is 4.99 Å². The first-order chi connectivity index (χ1) is 23.7. The lowest BCUT2D eigenvalue weighted by atomic mass is 9.88. The highest BCUT2D eigenvalue weighted by Gasteiger charge is 2.26. The van der Waals surface area contributed by atoms with E-state index >= 15 is 0 Å². The number of aliphatic imine (C=N–C) groups is 1. The third kappa shape index (κ3) is 4.86. The highest BCUT2D eigenvalue weighted by molar-refractivity contribution is 6.10. The lowest BCUT2D eigenvalue weighted by Crippen LogP contribution is -2.04. The normalized spacial score (nSPS) is 14.1. The molecule has 0 fully saturated rings. The average Bonchev–Trinajstić information content (AvgIpc) is 3.64. The van der Waals surface area contributed by atoms with E-state index < -0.39 is 0 Å². The van der Waals surface area contributed by atoms with Gasteiger partial charge >= 0.3 is 0 Å². The molecule has 0 N–H and O–H groups in total. The van der Waals surface area contributed by atoms with Crippen LogP contribution in [-0.2, 0) is 19.4 Å². The Bertz CT molecular complexity index is 2430. The van der Waals surface area contributed by atoms with Crippen LogP contribution in [0.5, 0.6) is 0 Å². The van der Waals surface area contributed by atoms with Crippen molar-refractivity contribution in [2.24, 2.45) is 4.99 Å². The molecule has 2 aliphatic rings. The molecule has 0 spiro atoms. The quantitative estimate of drug-likeness (QED) is 0.165. The molecule has 9 rings (SSSR count). The zero-order valence-electron chi connectivity index (χ0n) is 27.2. The van der Waals surface area contributed by atoms with E-state index in [0.717, 1.165) is 31.2 Å². The van der Waals surface area contributed by atoms with Crippen molar-refractivity contribution in [2.75, 3.05) is 0 Å². The third-order valence-electron chi connectivity index (χ3n) is 10.1. The van der Waals surface area contributed by atoms with Crippen LogP contribution >= 0.6 is 0 Å². The lowest BCUT2D eigenvalue weighted by molar-refractivity contribution is 0.928. The van der Waals surface area contributed by atoms with Crippen molar-refractivity contribution in [1.29, 1.82) is 0 Å². The van der Waals surface area contributed by atoms with E-state index in [9.17, 15) is 0 Å². The van der Waals surface area contributed by atoms with Gasteiger partial charge in [-0.2, -0.15) is 0 Å². The van der Waals surface area contributed by atoms with Crippen molar-refractivity contribution in [3.63, 3.8) is 0 Å². The highest BCUT2D eigenvalue weighted by atomic mass is 15.0. The van der Waals surface area contributed by atoms with Gasteiger partial charge in [0, 0.05) is 39.7 Å². The fourth-order valence-corrected chi connectivity index (χ4v) is 7.85. The standard InChI is InChI=1S/C45H37N3/c1-31-12-5-8-19-41(31)48-43-21-10-7-18-38(43)40-27-34(23-25-44(40)48)35-22-24-39-37-17-6-9-20-42(37)47(45(39)28-35)36-16-11-15-33(26-36)30-46-29-32-13-3-2-4-14-32/h2-5,7-16,18-21,23,25-28,30H,6,17,22,24,29H2,1H3/b46-30+. The summed E-state index contributed by atoms with van der Waals surface area (Å²) in [4.78, 5) is 4.77. The number of benzene rings is 5. The summed E-state index contributed by atoms with van der Waals surface area (Å²) >= 11 is 0. The number of aromatic nitrogens is 2. The molecule has 0 aliphatic heterocycles. The fourth-order valence-electron chi connectivity index (χ4n) is 7.85. The predicted molar refractivity (Wildman–Crippen MR) is 203 cm³/mol. The van der Waals surface area contributed by atoms with Crippen molar-refractivity contribution in [3.05, 3.63) is 172 Å². The van der Waals surface area contributed by atoms with Crippen molar-refractivity contribution in [1.82, 2.24) is 9.13 Å². The van der Waals surface area contributed by atoms with Crippen LogP contribution in [-0.4, -0.2) is 15.3 Å². The average molecular weight is 620 g/mol. The van der Waals surface area contributed by atoms with Gasteiger partial charge in [0.1, 0.15) is 0 Å². The minimum absolute atomic E-state index is 0.683. The molecular weight excluding hydrogens is 583 g/mol. The predicted octanol–water partition coefficient (Wildman–Crippen LogP) is 10.9. The number of hydrogen-bond acceptors (Lipinski definition) is 1. The molecule has 7 aromatic rings. The number of aryl methyl sites for hydroxylation is 1. The molecule has 3 nitrogen and oxygen atoms in total. The first-order valence-corrected chi connectivity index (χ1v) is 17.1. The van der Waals surface area contributed by atoms with Crippen LogP contribution in [0.4, 0.5) is 0 Å². The molecule has 0 saturated carbocycles. The van der Waals surface area contributed by atoms with E-state index in [0.29, 0.717) is 6.54 Å². The maximum absolute atomic E-state index is 4.77. The molecule has 48 heavy (non-hydrogen) atoms. The molecule has 0 bridgehead atoms. The summed E-state index contributed by atoms with van der Waals surface area (Å²) < 4.78 is 4.93. The van der Waals surface area contributed by atoms with Gasteiger partial charge in [-0.05, 0) is 120 Å². The molecule has 0 atom stereocenters. The Hall–Kier alpha value is -5.67. The van der Waals surface area contributed by atoms with Crippen molar-refractivity contribution in [2.45, 2.75) is 39.2 Å². The minimum atomic E-state index is 0.683. The van der Waals surface area contributed by atoms with Crippen LogP contribution in [0, 0.1) is 6.92 Å². The Kier molecular flexibility index (Phi) is 7.04. The first kappa shape index (κ1) is 28.5. The fraction of sp³-hybridized carbons (Fsp3) is 0.133. The van der Waals surface area contributed by atoms with Crippen molar-refractivity contribution >= 4 is 45.7 Å². The van der Waals surface area contributed by atoms with Crippen LogP contribution < -0.4 is 0 Å². The molecule has 5 aromatic carbocycles. The Morgan fingerprint density at radius 1 is 0.667 bits per heavy atom. The topological polar surface area (TPSA) is 22.2 Å². The summed E-state index contributed by atoms with van der Waals surface area (Å²) in [7, 11) is 0. The molecule has 0 radical (unpaired) electrons. The van der Waals surface area contributed by atoms with E-state index in [-0.39, 0.29) is 0 Å². The minimum Gasteiger partial charge on any atom is -0.310 e. The van der Waals surface area contributed by atoms with Crippen LogP contribution in [0.2, 0.25) is 0 Å². The maximum atomic E-state index is 4.77. The van der Waals surface area contributed by atoms with Crippen LogP contribution in [0.25, 0.3) is 50.9 Å². The van der Waals surface area contributed by atoms with Gasteiger partial charge in [-0.25, -0.2) is 0 Å². The Morgan fingerprint density at radius 3 is 2.40 bits per heavy atom. The van der Waals surface area contributed by atoms with Gasteiger partial charge < -0.3 is 9.13 Å². The van der Waals surface area contributed by atoms with E-state index in [2.05, 4.69) is 150 Å². The zero-order chi connectivity index (χ0) is 32.0. The smallest absolute Gasteiger partial charge is 0.0639 e. The molecule has 3 heteroatoms. The summed E-state index contributed by atoms with van der Waals surface area (Å²) in [5, 5.41) is 2.60. The monoisotopic (exact) mass is 619 g/mol. The summed E-state index contributed by atoms with van der Waals surface area (Å²) in [6, 6.07) is 43.9. The largest absolute Gasteiger partial charge is 0.310 e. The Labute approximate surface area is 281 Å². The van der Waals surface area contributed by atoms with Crippen molar-refractivity contribution < 1.29 is 0 Å². The first-order valence-electron chi connectivity index (χ1n) is 17.1.